The van der Waals surface area contributed by atoms with Crippen LogP contribution in [0.1, 0.15) is 52.9 Å². The molecule has 1 amide bonds. The maximum Gasteiger partial charge on any atom is 0.246 e. The second-order valence-corrected chi connectivity index (χ2v) is 6.72. The number of rotatable bonds is 3. The van der Waals surface area contributed by atoms with Gasteiger partial charge in [0, 0.05) is 11.6 Å². The molecule has 1 aliphatic carbocycles. The van der Waals surface area contributed by atoms with E-state index in [2.05, 4.69) is 10.6 Å². The zero-order chi connectivity index (χ0) is 13.2. The quantitative estimate of drug-likeness (QED) is 0.804. The molecular formula is C14H26N2O2. The molecule has 0 aromatic rings. The lowest BCUT2D eigenvalue weighted by molar-refractivity contribution is -0.131. The Bertz CT molecular complexity index is 305. The number of hydrogen-bond acceptors (Lipinski definition) is 3. The second-order valence-electron chi connectivity index (χ2n) is 6.72. The molecular weight excluding hydrogens is 228 g/mol. The minimum Gasteiger partial charge on any atom is -0.366 e. The molecule has 1 atom stereocenters. The lowest BCUT2D eigenvalue weighted by atomic mass is 9.70. The van der Waals surface area contributed by atoms with Gasteiger partial charge in [-0.3, -0.25) is 4.79 Å². The van der Waals surface area contributed by atoms with Crippen molar-refractivity contribution < 1.29 is 9.53 Å². The molecule has 0 radical (unpaired) electrons. The lowest BCUT2D eigenvalue weighted by Gasteiger charge is -2.48. The van der Waals surface area contributed by atoms with E-state index in [1.807, 2.05) is 20.8 Å². The van der Waals surface area contributed by atoms with E-state index in [4.69, 9.17) is 4.74 Å². The van der Waals surface area contributed by atoms with E-state index >= 15 is 0 Å². The van der Waals surface area contributed by atoms with E-state index in [0.717, 1.165) is 19.4 Å². The predicted octanol–water partition coefficient (Wildman–Crippen LogP) is 1.59. The molecule has 2 aliphatic rings. The van der Waals surface area contributed by atoms with Crippen LogP contribution in [-0.4, -0.2) is 36.2 Å². The highest BCUT2D eigenvalue weighted by molar-refractivity contribution is 5.77. The fourth-order valence-electron chi connectivity index (χ4n) is 2.82. The Balaban J connectivity index is 1.73. The minimum atomic E-state index is -0.249. The summed E-state index contributed by atoms with van der Waals surface area (Å²) >= 11 is 0. The van der Waals surface area contributed by atoms with E-state index in [0.29, 0.717) is 11.6 Å². The average molecular weight is 254 g/mol. The normalized spacial score (nSPS) is 26.7. The Morgan fingerprint density at radius 1 is 1.44 bits per heavy atom. The van der Waals surface area contributed by atoms with Crippen molar-refractivity contribution in [2.45, 2.75) is 70.1 Å². The fraction of sp³-hybridized carbons (Fsp3) is 0.929. The first-order chi connectivity index (χ1) is 8.39. The van der Waals surface area contributed by atoms with Crippen molar-refractivity contribution in [2.75, 3.05) is 13.2 Å². The predicted molar refractivity (Wildman–Crippen MR) is 71.5 cm³/mol. The van der Waals surface area contributed by atoms with Crippen molar-refractivity contribution in [1.82, 2.24) is 10.6 Å². The van der Waals surface area contributed by atoms with Crippen LogP contribution in [-0.2, 0) is 9.53 Å². The van der Waals surface area contributed by atoms with Gasteiger partial charge in [0.25, 0.3) is 0 Å². The van der Waals surface area contributed by atoms with Gasteiger partial charge in [-0.25, -0.2) is 0 Å². The summed E-state index contributed by atoms with van der Waals surface area (Å²) in [6, 6.07) is 0.322. The van der Waals surface area contributed by atoms with Crippen LogP contribution in [0.25, 0.3) is 0 Å². The number of piperidine rings is 1. The van der Waals surface area contributed by atoms with E-state index in [-0.39, 0.29) is 18.1 Å². The molecule has 4 nitrogen and oxygen atoms in total. The van der Waals surface area contributed by atoms with Crippen LogP contribution in [0.3, 0.4) is 0 Å². The van der Waals surface area contributed by atoms with E-state index < -0.39 is 0 Å². The summed E-state index contributed by atoms with van der Waals surface area (Å²) in [6.45, 7) is 7.09. The van der Waals surface area contributed by atoms with Crippen LogP contribution in [0, 0.1) is 0 Å². The molecule has 1 saturated heterocycles. The summed E-state index contributed by atoms with van der Waals surface area (Å²) in [6.07, 6.45) is 5.95. The Labute approximate surface area is 110 Å². The number of carbonyl (C=O) groups excluding carboxylic acids is 1. The number of carbonyl (C=O) groups is 1. The van der Waals surface area contributed by atoms with E-state index in [9.17, 15) is 4.79 Å². The molecule has 2 N–H and O–H groups in total. The molecule has 18 heavy (non-hydrogen) atoms. The molecule has 1 spiro atoms. The Morgan fingerprint density at radius 2 is 2.17 bits per heavy atom. The van der Waals surface area contributed by atoms with E-state index in [1.54, 1.807) is 0 Å². The van der Waals surface area contributed by atoms with Gasteiger partial charge in [-0.1, -0.05) is 0 Å². The Morgan fingerprint density at radius 3 is 2.72 bits per heavy atom. The van der Waals surface area contributed by atoms with Gasteiger partial charge in [0.05, 0.1) is 5.60 Å². The first kappa shape index (κ1) is 13.8. The number of amides is 1. The highest BCUT2D eigenvalue weighted by Crippen LogP contribution is 2.38. The first-order valence-corrected chi connectivity index (χ1v) is 7.07. The first-order valence-electron chi connectivity index (χ1n) is 7.07. The van der Waals surface area contributed by atoms with Crippen LogP contribution < -0.4 is 10.6 Å². The molecule has 0 aromatic carbocycles. The SMILES string of the molecule is CC(C)(C)OCC(=O)NC1CCNC2(CCC2)C1. The standard InChI is InChI=1S/C14H26N2O2/c1-13(2,3)18-10-12(17)16-11-5-8-15-14(9-11)6-4-7-14/h11,15H,4-10H2,1-3H3,(H,16,17). The maximum absolute atomic E-state index is 11.8. The molecule has 1 heterocycles. The minimum absolute atomic E-state index is 0.0197. The number of ether oxygens (including phenoxy) is 1. The monoisotopic (exact) mass is 254 g/mol. The smallest absolute Gasteiger partial charge is 0.246 e. The summed E-state index contributed by atoms with van der Waals surface area (Å²) in [4.78, 5) is 11.8. The van der Waals surface area contributed by atoms with Gasteiger partial charge < -0.3 is 15.4 Å². The molecule has 104 valence electrons. The van der Waals surface area contributed by atoms with Gasteiger partial charge in [-0.2, -0.15) is 0 Å². The third-order valence-corrected chi connectivity index (χ3v) is 3.94. The Kier molecular flexibility index (Phi) is 3.97. The molecule has 0 aromatic heterocycles. The van der Waals surface area contributed by atoms with Crippen LogP contribution in [0.5, 0.6) is 0 Å². The zero-order valence-corrected chi connectivity index (χ0v) is 11.8. The van der Waals surface area contributed by atoms with Crippen LogP contribution >= 0.6 is 0 Å². The van der Waals surface area contributed by atoms with Gasteiger partial charge in [-0.15, -0.1) is 0 Å². The van der Waals surface area contributed by atoms with E-state index in [1.165, 1.54) is 19.3 Å². The van der Waals surface area contributed by atoms with Crippen molar-refractivity contribution in [3.05, 3.63) is 0 Å². The molecule has 1 aliphatic heterocycles. The molecule has 2 rings (SSSR count). The van der Waals surface area contributed by atoms with Gasteiger partial charge in [0.15, 0.2) is 0 Å². The van der Waals surface area contributed by atoms with Gasteiger partial charge in [0.2, 0.25) is 5.91 Å². The van der Waals surface area contributed by atoms with Gasteiger partial charge >= 0.3 is 0 Å². The number of hydrogen-bond donors (Lipinski definition) is 2. The molecule has 1 unspecified atom stereocenters. The molecule has 0 bridgehead atoms. The van der Waals surface area contributed by atoms with Gasteiger partial charge in [0.1, 0.15) is 6.61 Å². The average Bonchev–Trinajstić information content (AvgIpc) is 2.24. The van der Waals surface area contributed by atoms with Crippen molar-refractivity contribution in [3.8, 4) is 0 Å². The highest BCUT2D eigenvalue weighted by Gasteiger charge is 2.41. The molecule has 1 saturated carbocycles. The van der Waals surface area contributed by atoms with Crippen LogP contribution in [0.2, 0.25) is 0 Å². The summed E-state index contributed by atoms with van der Waals surface area (Å²) in [5.41, 5.74) is 0.0851. The second kappa shape index (κ2) is 5.17. The van der Waals surface area contributed by atoms with Crippen molar-refractivity contribution in [3.63, 3.8) is 0 Å². The van der Waals surface area contributed by atoms with Crippen molar-refractivity contribution >= 4 is 5.91 Å². The summed E-state index contributed by atoms with van der Waals surface area (Å²) in [5.74, 6) is 0.0197. The maximum atomic E-state index is 11.8. The highest BCUT2D eigenvalue weighted by atomic mass is 16.5. The molecule has 4 heteroatoms. The topological polar surface area (TPSA) is 50.4 Å². The van der Waals surface area contributed by atoms with Crippen molar-refractivity contribution in [1.29, 1.82) is 0 Å². The summed E-state index contributed by atoms with van der Waals surface area (Å²) in [5, 5.41) is 6.72. The number of nitrogens with one attached hydrogen (secondary N) is 2. The van der Waals surface area contributed by atoms with Crippen LogP contribution in [0.4, 0.5) is 0 Å². The van der Waals surface area contributed by atoms with Gasteiger partial charge in [-0.05, 0) is 59.4 Å². The summed E-state index contributed by atoms with van der Waals surface area (Å²) in [7, 11) is 0. The Hall–Kier alpha value is -0.610. The summed E-state index contributed by atoms with van der Waals surface area (Å²) < 4.78 is 5.50. The molecule has 2 fully saturated rings. The van der Waals surface area contributed by atoms with Crippen molar-refractivity contribution in [2.24, 2.45) is 0 Å². The third-order valence-electron chi connectivity index (χ3n) is 3.94. The third kappa shape index (κ3) is 3.69. The largest absolute Gasteiger partial charge is 0.366 e. The van der Waals surface area contributed by atoms with Crippen LogP contribution in [0.15, 0.2) is 0 Å². The fourth-order valence-corrected chi connectivity index (χ4v) is 2.82. The lowest BCUT2D eigenvalue weighted by Crippen LogP contribution is -2.60. The zero-order valence-electron chi connectivity index (χ0n) is 11.8.